The number of aryl methyl sites for hydroxylation is 1. The van der Waals surface area contributed by atoms with Gasteiger partial charge in [0.1, 0.15) is 0 Å². The number of piperidine rings is 1. The van der Waals surface area contributed by atoms with Crippen LogP contribution in [0.5, 0.6) is 0 Å². The first kappa shape index (κ1) is 16.0. The predicted molar refractivity (Wildman–Crippen MR) is 96.7 cm³/mol. The summed E-state index contributed by atoms with van der Waals surface area (Å²) in [4.78, 5) is 14.7. The third kappa shape index (κ3) is 3.35. The highest BCUT2D eigenvalue weighted by atomic mass is 32.1. The molecule has 3 heterocycles. The summed E-state index contributed by atoms with van der Waals surface area (Å²) in [6.07, 6.45) is 1.90. The van der Waals surface area contributed by atoms with Crippen LogP contribution in [0, 0.1) is 6.92 Å². The Hall–Kier alpha value is -2.47. The van der Waals surface area contributed by atoms with E-state index in [1.165, 1.54) is 0 Å². The van der Waals surface area contributed by atoms with E-state index < -0.39 is 0 Å². The molecular weight excluding hydrogens is 334 g/mol. The number of thiophene rings is 1. The molecule has 2 aromatic heterocycles. The van der Waals surface area contributed by atoms with Crippen LogP contribution in [-0.2, 0) is 0 Å². The summed E-state index contributed by atoms with van der Waals surface area (Å²) in [5, 5.41) is 12.4. The fourth-order valence-electron chi connectivity index (χ4n) is 3.23. The molecule has 3 aromatic rings. The van der Waals surface area contributed by atoms with Crippen molar-refractivity contribution in [3.05, 3.63) is 58.1 Å². The van der Waals surface area contributed by atoms with Gasteiger partial charge in [-0.3, -0.25) is 4.79 Å². The SMILES string of the molecule is Cc1cccc(C(=O)N2CCCC(c3nnc(-c4ccsc4)o3)C2)c1. The van der Waals surface area contributed by atoms with Gasteiger partial charge >= 0.3 is 0 Å². The van der Waals surface area contributed by atoms with E-state index in [9.17, 15) is 4.79 Å². The average Bonchev–Trinajstić information content (AvgIpc) is 3.32. The Labute approximate surface area is 150 Å². The van der Waals surface area contributed by atoms with E-state index in [2.05, 4.69) is 10.2 Å². The zero-order valence-corrected chi connectivity index (χ0v) is 14.8. The molecule has 128 valence electrons. The summed E-state index contributed by atoms with van der Waals surface area (Å²) >= 11 is 1.60. The number of nitrogens with zero attached hydrogens (tertiary/aromatic N) is 3. The predicted octanol–water partition coefficient (Wildman–Crippen LogP) is 4.13. The minimum atomic E-state index is 0.0750. The van der Waals surface area contributed by atoms with Crippen LogP contribution in [-0.4, -0.2) is 34.1 Å². The van der Waals surface area contributed by atoms with E-state index in [4.69, 9.17) is 4.42 Å². The van der Waals surface area contributed by atoms with Crippen molar-refractivity contribution >= 4 is 17.2 Å². The highest BCUT2D eigenvalue weighted by molar-refractivity contribution is 7.08. The summed E-state index contributed by atoms with van der Waals surface area (Å²) < 4.78 is 5.87. The van der Waals surface area contributed by atoms with Gasteiger partial charge in [0.25, 0.3) is 5.91 Å². The Morgan fingerprint density at radius 2 is 2.24 bits per heavy atom. The lowest BCUT2D eigenvalue weighted by Crippen LogP contribution is -2.39. The van der Waals surface area contributed by atoms with Crippen molar-refractivity contribution < 1.29 is 9.21 Å². The fraction of sp³-hybridized carbons (Fsp3) is 0.316. The average molecular weight is 353 g/mol. The molecular formula is C19H19N3O2S. The van der Waals surface area contributed by atoms with Crippen molar-refractivity contribution in [3.63, 3.8) is 0 Å². The lowest BCUT2D eigenvalue weighted by Gasteiger charge is -2.31. The Bertz CT molecular complexity index is 872. The highest BCUT2D eigenvalue weighted by Crippen LogP contribution is 2.29. The second-order valence-corrected chi connectivity index (χ2v) is 7.20. The van der Waals surface area contributed by atoms with Crippen LogP contribution in [0.4, 0.5) is 0 Å². The van der Waals surface area contributed by atoms with E-state index in [1.54, 1.807) is 11.3 Å². The lowest BCUT2D eigenvalue weighted by atomic mass is 9.97. The summed E-state index contributed by atoms with van der Waals surface area (Å²) in [6, 6.07) is 9.71. The van der Waals surface area contributed by atoms with E-state index in [0.29, 0.717) is 18.3 Å². The molecule has 1 saturated heterocycles. The topological polar surface area (TPSA) is 59.2 Å². The van der Waals surface area contributed by atoms with Gasteiger partial charge in [0.05, 0.1) is 5.92 Å². The summed E-state index contributed by atoms with van der Waals surface area (Å²) in [5.74, 6) is 1.36. The zero-order chi connectivity index (χ0) is 17.2. The molecule has 0 bridgehead atoms. The number of benzene rings is 1. The molecule has 1 atom stereocenters. The van der Waals surface area contributed by atoms with Gasteiger partial charge in [-0.1, -0.05) is 17.7 Å². The van der Waals surface area contributed by atoms with E-state index >= 15 is 0 Å². The van der Waals surface area contributed by atoms with Gasteiger partial charge in [-0.05, 0) is 43.3 Å². The summed E-state index contributed by atoms with van der Waals surface area (Å²) in [5.41, 5.74) is 2.79. The third-order valence-corrected chi connectivity index (χ3v) is 5.21. The molecule has 5 nitrogen and oxygen atoms in total. The van der Waals surface area contributed by atoms with Gasteiger partial charge in [-0.25, -0.2) is 0 Å². The Balaban J connectivity index is 1.50. The molecule has 0 spiro atoms. The number of aromatic nitrogens is 2. The second kappa shape index (κ2) is 6.80. The smallest absolute Gasteiger partial charge is 0.253 e. The van der Waals surface area contributed by atoms with Crippen LogP contribution in [0.2, 0.25) is 0 Å². The van der Waals surface area contributed by atoms with Gasteiger partial charge in [0, 0.05) is 29.6 Å². The Kier molecular flexibility index (Phi) is 4.36. The highest BCUT2D eigenvalue weighted by Gasteiger charge is 2.29. The number of hydrogen-bond donors (Lipinski definition) is 0. The molecule has 1 amide bonds. The van der Waals surface area contributed by atoms with Crippen molar-refractivity contribution in [2.24, 2.45) is 0 Å². The van der Waals surface area contributed by atoms with Gasteiger partial charge in [-0.15, -0.1) is 10.2 Å². The summed E-state index contributed by atoms with van der Waals surface area (Å²) in [6.45, 7) is 3.40. The molecule has 0 aliphatic carbocycles. The molecule has 6 heteroatoms. The van der Waals surface area contributed by atoms with Crippen LogP contribution < -0.4 is 0 Å². The largest absolute Gasteiger partial charge is 0.420 e. The molecule has 0 N–H and O–H groups in total. The molecule has 1 aliphatic rings. The van der Waals surface area contributed by atoms with E-state index in [-0.39, 0.29) is 11.8 Å². The number of carbonyl (C=O) groups excluding carboxylic acids is 1. The minimum Gasteiger partial charge on any atom is -0.420 e. The van der Waals surface area contributed by atoms with Gasteiger partial charge < -0.3 is 9.32 Å². The van der Waals surface area contributed by atoms with Crippen molar-refractivity contribution in [2.45, 2.75) is 25.7 Å². The summed E-state index contributed by atoms with van der Waals surface area (Å²) in [7, 11) is 0. The minimum absolute atomic E-state index is 0.0750. The first-order valence-electron chi connectivity index (χ1n) is 8.42. The molecule has 1 fully saturated rings. The Morgan fingerprint density at radius 3 is 3.04 bits per heavy atom. The molecule has 0 saturated carbocycles. The number of amides is 1. The van der Waals surface area contributed by atoms with Gasteiger partial charge in [0.2, 0.25) is 11.8 Å². The first-order valence-corrected chi connectivity index (χ1v) is 9.37. The lowest BCUT2D eigenvalue weighted by molar-refractivity contribution is 0.0698. The number of carbonyl (C=O) groups is 1. The molecule has 1 aromatic carbocycles. The molecule has 4 rings (SSSR count). The van der Waals surface area contributed by atoms with Crippen LogP contribution in [0.15, 0.2) is 45.5 Å². The van der Waals surface area contributed by atoms with Crippen LogP contribution in [0.3, 0.4) is 0 Å². The maximum atomic E-state index is 12.8. The van der Waals surface area contributed by atoms with E-state index in [1.807, 2.05) is 52.9 Å². The maximum absolute atomic E-state index is 12.8. The number of rotatable bonds is 3. The van der Waals surface area contributed by atoms with Crippen LogP contribution in [0.25, 0.3) is 11.5 Å². The third-order valence-electron chi connectivity index (χ3n) is 4.53. The normalized spacial score (nSPS) is 17.6. The van der Waals surface area contributed by atoms with Crippen molar-refractivity contribution in [1.82, 2.24) is 15.1 Å². The standard InChI is InChI=1S/C19H19N3O2S/c1-13-4-2-5-14(10-13)19(23)22-8-3-6-15(11-22)17-20-21-18(24-17)16-7-9-25-12-16/h2,4-5,7,9-10,12,15H,3,6,8,11H2,1H3. The number of hydrogen-bond acceptors (Lipinski definition) is 5. The van der Waals surface area contributed by atoms with E-state index in [0.717, 1.165) is 36.1 Å². The molecule has 1 aliphatic heterocycles. The number of likely N-dealkylation sites (tertiary alicyclic amines) is 1. The van der Waals surface area contributed by atoms with Crippen molar-refractivity contribution in [1.29, 1.82) is 0 Å². The van der Waals surface area contributed by atoms with Crippen molar-refractivity contribution in [3.8, 4) is 11.5 Å². The molecule has 25 heavy (non-hydrogen) atoms. The fourth-order valence-corrected chi connectivity index (χ4v) is 3.86. The molecule has 1 unspecified atom stereocenters. The van der Waals surface area contributed by atoms with Gasteiger partial charge in [0.15, 0.2) is 0 Å². The Morgan fingerprint density at radius 1 is 1.32 bits per heavy atom. The first-order chi connectivity index (χ1) is 12.2. The maximum Gasteiger partial charge on any atom is 0.253 e. The molecule has 0 radical (unpaired) electrons. The van der Waals surface area contributed by atoms with Gasteiger partial charge in [-0.2, -0.15) is 11.3 Å². The van der Waals surface area contributed by atoms with Crippen LogP contribution >= 0.6 is 11.3 Å². The second-order valence-electron chi connectivity index (χ2n) is 6.42. The zero-order valence-electron chi connectivity index (χ0n) is 14.0. The van der Waals surface area contributed by atoms with Crippen LogP contribution in [0.1, 0.15) is 40.6 Å². The van der Waals surface area contributed by atoms with Crippen molar-refractivity contribution in [2.75, 3.05) is 13.1 Å². The quantitative estimate of drug-likeness (QED) is 0.710. The monoisotopic (exact) mass is 353 g/mol.